The van der Waals surface area contributed by atoms with Gasteiger partial charge in [-0.25, -0.2) is 9.78 Å². The normalized spacial score (nSPS) is 21.3. The third-order valence-corrected chi connectivity index (χ3v) is 3.64. The fourth-order valence-corrected chi connectivity index (χ4v) is 2.45. The number of pyridine rings is 1. The maximum atomic E-state index is 11.4. The van der Waals surface area contributed by atoms with Crippen LogP contribution in [0.3, 0.4) is 0 Å². The van der Waals surface area contributed by atoms with Crippen molar-refractivity contribution in [2.24, 2.45) is 11.7 Å². The second kappa shape index (κ2) is 6.12. The van der Waals surface area contributed by atoms with Gasteiger partial charge in [0.25, 0.3) is 0 Å². The van der Waals surface area contributed by atoms with Gasteiger partial charge in [0, 0.05) is 19.1 Å². The van der Waals surface area contributed by atoms with Crippen LogP contribution >= 0.6 is 0 Å². The van der Waals surface area contributed by atoms with E-state index in [0.717, 1.165) is 31.7 Å². The summed E-state index contributed by atoms with van der Waals surface area (Å²) >= 11 is 0. The second-order valence-corrected chi connectivity index (χ2v) is 5.15. The van der Waals surface area contributed by atoms with Crippen LogP contribution in [0.5, 0.6) is 0 Å². The predicted molar refractivity (Wildman–Crippen MR) is 72.6 cm³/mol. The van der Waals surface area contributed by atoms with Gasteiger partial charge in [-0.15, -0.1) is 0 Å². The van der Waals surface area contributed by atoms with Crippen LogP contribution in [-0.2, 0) is 11.3 Å². The molecule has 2 rings (SSSR count). The van der Waals surface area contributed by atoms with Crippen molar-refractivity contribution in [2.75, 3.05) is 20.2 Å². The summed E-state index contributed by atoms with van der Waals surface area (Å²) in [7, 11) is 1.37. The first-order valence-electron chi connectivity index (χ1n) is 6.62. The number of likely N-dealkylation sites (tertiary alicyclic amines) is 1. The summed E-state index contributed by atoms with van der Waals surface area (Å²) in [6.45, 7) is 4.86. The number of hydrogen-bond acceptors (Lipinski definition) is 5. The van der Waals surface area contributed by atoms with Crippen LogP contribution in [-0.4, -0.2) is 42.1 Å². The number of nitrogens with zero attached hydrogens (tertiary/aromatic N) is 2. The number of rotatable bonds is 4. The molecule has 1 saturated heterocycles. The lowest BCUT2D eigenvalue weighted by atomic mass is 10.0. The molecule has 5 heteroatoms. The summed E-state index contributed by atoms with van der Waals surface area (Å²) in [5.41, 5.74) is 7.19. The van der Waals surface area contributed by atoms with Crippen molar-refractivity contribution in [3.63, 3.8) is 0 Å². The van der Waals surface area contributed by atoms with E-state index in [2.05, 4.69) is 21.5 Å². The fourth-order valence-electron chi connectivity index (χ4n) is 2.45. The Bertz CT molecular complexity index is 448. The quantitative estimate of drug-likeness (QED) is 0.822. The van der Waals surface area contributed by atoms with Gasteiger partial charge in [-0.1, -0.05) is 6.07 Å². The van der Waals surface area contributed by atoms with E-state index in [1.165, 1.54) is 7.11 Å². The number of carbonyl (C=O) groups excluding carboxylic acids is 1. The van der Waals surface area contributed by atoms with E-state index in [-0.39, 0.29) is 6.04 Å². The molecule has 0 amide bonds. The molecule has 0 aromatic carbocycles. The van der Waals surface area contributed by atoms with Gasteiger partial charge in [0.2, 0.25) is 0 Å². The van der Waals surface area contributed by atoms with Gasteiger partial charge in [-0.3, -0.25) is 4.90 Å². The minimum Gasteiger partial charge on any atom is -0.464 e. The van der Waals surface area contributed by atoms with E-state index in [1.54, 1.807) is 6.07 Å². The summed E-state index contributed by atoms with van der Waals surface area (Å²) < 4.78 is 4.68. The van der Waals surface area contributed by atoms with Gasteiger partial charge in [0.15, 0.2) is 0 Å². The maximum Gasteiger partial charge on any atom is 0.356 e. The highest BCUT2D eigenvalue weighted by atomic mass is 16.5. The minimum absolute atomic E-state index is 0.236. The van der Waals surface area contributed by atoms with Gasteiger partial charge >= 0.3 is 5.97 Å². The smallest absolute Gasteiger partial charge is 0.356 e. The van der Waals surface area contributed by atoms with Crippen molar-refractivity contribution in [3.05, 3.63) is 29.6 Å². The number of esters is 1. The Kier molecular flexibility index (Phi) is 4.50. The first-order chi connectivity index (χ1) is 9.10. The van der Waals surface area contributed by atoms with E-state index in [0.29, 0.717) is 11.6 Å². The molecule has 0 aliphatic carbocycles. The molecule has 1 aromatic heterocycles. The van der Waals surface area contributed by atoms with E-state index in [1.807, 2.05) is 12.1 Å². The molecule has 1 fully saturated rings. The number of hydrogen-bond donors (Lipinski definition) is 1. The third kappa shape index (κ3) is 3.52. The van der Waals surface area contributed by atoms with Crippen molar-refractivity contribution in [1.29, 1.82) is 0 Å². The summed E-state index contributed by atoms with van der Waals surface area (Å²) in [6.07, 6.45) is 1.13. The molecule has 0 saturated carbocycles. The molecule has 104 valence electrons. The summed E-state index contributed by atoms with van der Waals surface area (Å²) in [6, 6.07) is 5.68. The summed E-state index contributed by atoms with van der Waals surface area (Å²) in [4.78, 5) is 18.1. The number of nitrogens with two attached hydrogens (primary N) is 1. The molecule has 2 heterocycles. The van der Waals surface area contributed by atoms with E-state index in [9.17, 15) is 4.79 Å². The van der Waals surface area contributed by atoms with Crippen molar-refractivity contribution >= 4 is 5.97 Å². The van der Waals surface area contributed by atoms with Crippen LogP contribution in [0, 0.1) is 5.92 Å². The Morgan fingerprint density at radius 2 is 2.42 bits per heavy atom. The number of carbonyl (C=O) groups is 1. The zero-order valence-corrected chi connectivity index (χ0v) is 11.5. The predicted octanol–water partition coefficient (Wildman–Crippen LogP) is 1.04. The highest BCUT2D eigenvalue weighted by Gasteiger charge is 2.25. The van der Waals surface area contributed by atoms with Crippen molar-refractivity contribution in [3.8, 4) is 0 Å². The Labute approximate surface area is 113 Å². The molecular formula is C14H21N3O2. The monoisotopic (exact) mass is 263 g/mol. The Morgan fingerprint density at radius 1 is 1.63 bits per heavy atom. The zero-order valence-electron chi connectivity index (χ0n) is 11.5. The standard InChI is InChI=1S/C14H21N3O2/c1-10(15)11-6-7-17(8-11)9-12-4-3-5-13(16-12)14(18)19-2/h3-5,10-11H,6-9,15H2,1-2H3. The molecule has 1 aliphatic rings. The number of aromatic nitrogens is 1. The molecular weight excluding hydrogens is 242 g/mol. The Hall–Kier alpha value is -1.46. The summed E-state index contributed by atoms with van der Waals surface area (Å²) in [5, 5.41) is 0. The molecule has 1 aromatic rings. The lowest BCUT2D eigenvalue weighted by Crippen LogP contribution is -2.29. The molecule has 5 nitrogen and oxygen atoms in total. The second-order valence-electron chi connectivity index (χ2n) is 5.15. The topological polar surface area (TPSA) is 68.5 Å². The molecule has 2 atom stereocenters. The molecule has 2 unspecified atom stereocenters. The zero-order chi connectivity index (χ0) is 13.8. The molecule has 1 aliphatic heterocycles. The average Bonchev–Trinajstić information content (AvgIpc) is 2.87. The van der Waals surface area contributed by atoms with E-state index < -0.39 is 5.97 Å². The van der Waals surface area contributed by atoms with Crippen molar-refractivity contribution in [1.82, 2.24) is 9.88 Å². The van der Waals surface area contributed by atoms with Crippen molar-refractivity contribution < 1.29 is 9.53 Å². The van der Waals surface area contributed by atoms with Gasteiger partial charge < -0.3 is 10.5 Å². The van der Waals surface area contributed by atoms with Crippen molar-refractivity contribution in [2.45, 2.75) is 25.9 Å². The van der Waals surface area contributed by atoms with Crippen LogP contribution in [0.25, 0.3) is 0 Å². The highest BCUT2D eigenvalue weighted by Crippen LogP contribution is 2.20. The fraction of sp³-hybridized carbons (Fsp3) is 0.571. The average molecular weight is 263 g/mol. The van der Waals surface area contributed by atoms with Gasteiger partial charge in [0.05, 0.1) is 12.8 Å². The van der Waals surface area contributed by atoms with Crippen LogP contribution in [0.4, 0.5) is 0 Å². The van der Waals surface area contributed by atoms with Gasteiger partial charge in [-0.05, 0) is 37.9 Å². The van der Waals surface area contributed by atoms with Crippen LogP contribution in [0.1, 0.15) is 29.5 Å². The molecule has 0 radical (unpaired) electrons. The van der Waals surface area contributed by atoms with E-state index >= 15 is 0 Å². The minimum atomic E-state index is -0.392. The number of methoxy groups -OCH3 is 1. The van der Waals surface area contributed by atoms with E-state index in [4.69, 9.17) is 5.73 Å². The SMILES string of the molecule is COC(=O)c1cccc(CN2CCC(C(C)N)C2)n1. The Morgan fingerprint density at radius 3 is 3.05 bits per heavy atom. The first kappa shape index (κ1) is 14.0. The largest absolute Gasteiger partial charge is 0.464 e. The Balaban J connectivity index is 1.98. The first-order valence-corrected chi connectivity index (χ1v) is 6.62. The van der Waals surface area contributed by atoms with Gasteiger partial charge in [-0.2, -0.15) is 0 Å². The van der Waals surface area contributed by atoms with Gasteiger partial charge in [0.1, 0.15) is 5.69 Å². The molecule has 19 heavy (non-hydrogen) atoms. The van der Waals surface area contributed by atoms with Crippen LogP contribution < -0.4 is 5.73 Å². The lowest BCUT2D eigenvalue weighted by Gasteiger charge is -2.17. The summed E-state index contributed by atoms with van der Waals surface area (Å²) in [5.74, 6) is 0.167. The lowest BCUT2D eigenvalue weighted by molar-refractivity contribution is 0.0593. The van der Waals surface area contributed by atoms with Crippen LogP contribution in [0.2, 0.25) is 0 Å². The maximum absolute atomic E-state index is 11.4. The number of ether oxygens (including phenoxy) is 1. The molecule has 0 bridgehead atoms. The molecule has 2 N–H and O–H groups in total. The van der Waals surface area contributed by atoms with Crippen LogP contribution in [0.15, 0.2) is 18.2 Å². The molecule has 0 spiro atoms. The third-order valence-electron chi connectivity index (χ3n) is 3.64. The highest BCUT2D eigenvalue weighted by molar-refractivity contribution is 5.87.